The largest absolute Gasteiger partial charge is 0.496 e. The normalized spacial score (nSPS) is 10.6. The van der Waals surface area contributed by atoms with Crippen molar-refractivity contribution in [3.05, 3.63) is 86.8 Å². The summed E-state index contributed by atoms with van der Waals surface area (Å²) in [5.74, 6) is 0.336. The van der Waals surface area contributed by atoms with Gasteiger partial charge in [0.05, 0.1) is 18.9 Å². The third-order valence-corrected chi connectivity index (χ3v) is 5.19. The van der Waals surface area contributed by atoms with Gasteiger partial charge in [-0.05, 0) is 72.3 Å². The SMILES string of the molecule is COc1ccc(Br)cc1C(=O)N/N=C\c1ccc(OCC(=O)Nc2ccc(Br)cc2)cc1. The monoisotopic (exact) mass is 559 g/mol. The lowest BCUT2D eigenvalue weighted by atomic mass is 10.2. The molecule has 0 aromatic heterocycles. The van der Waals surface area contributed by atoms with Crippen molar-refractivity contribution in [2.24, 2.45) is 5.10 Å². The predicted molar refractivity (Wildman–Crippen MR) is 130 cm³/mol. The molecule has 3 aromatic rings. The summed E-state index contributed by atoms with van der Waals surface area (Å²) in [5, 5.41) is 6.73. The van der Waals surface area contributed by atoms with E-state index < -0.39 is 5.91 Å². The van der Waals surface area contributed by atoms with Gasteiger partial charge in [0.15, 0.2) is 6.61 Å². The first kappa shape index (κ1) is 23.5. The molecule has 32 heavy (non-hydrogen) atoms. The first-order valence-corrected chi connectivity index (χ1v) is 11.0. The number of nitrogens with one attached hydrogen (secondary N) is 2. The summed E-state index contributed by atoms with van der Waals surface area (Å²) in [6.07, 6.45) is 1.51. The third kappa shape index (κ3) is 6.93. The highest BCUT2D eigenvalue weighted by molar-refractivity contribution is 9.10. The number of hydrogen-bond acceptors (Lipinski definition) is 5. The predicted octanol–water partition coefficient (Wildman–Crippen LogP) is 5.00. The number of ether oxygens (including phenoxy) is 2. The molecule has 0 spiro atoms. The van der Waals surface area contributed by atoms with Crippen molar-refractivity contribution in [3.8, 4) is 11.5 Å². The van der Waals surface area contributed by atoms with E-state index in [2.05, 4.69) is 47.7 Å². The molecule has 0 radical (unpaired) electrons. The Bertz CT molecular complexity index is 1120. The van der Waals surface area contributed by atoms with Crippen molar-refractivity contribution in [2.75, 3.05) is 19.0 Å². The number of amides is 2. The van der Waals surface area contributed by atoms with Gasteiger partial charge in [0.2, 0.25) is 0 Å². The molecule has 0 fully saturated rings. The Morgan fingerprint density at radius 1 is 0.969 bits per heavy atom. The van der Waals surface area contributed by atoms with Crippen LogP contribution < -0.4 is 20.2 Å². The fraction of sp³-hybridized carbons (Fsp3) is 0.0870. The van der Waals surface area contributed by atoms with Crippen LogP contribution >= 0.6 is 31.9 Å². The molecule has 2 N–H and O–H groups in total. The van der Waals surface area contributed by atoms with Gasteiger partial charge in [-0.15, -0.1) is 0 Å². The van der Waals surface area contributed by atoms with Crippen molar-refractivity contribution < 1.29 is 19.1 Å². The summed E-state index contributed by atoms with van der Waals surface area (Å²) in [6, 6.07) is 19.4. The van der Waals surface area contributed by atoms with E-state index in [4.69, 9.17) is 9.47 Å². The number of methoxy groups -OCH3 is 1. The molecule has 9 heteroatoms. The number of hydrogen-bond donors (Lipinski definition) is 2. The Hall–Kier alpha value is -3.17. The molecule has 7 nitrogen and oxygen atoms in total. The number of carbonyl (C=O) groups is 2. The molecule has 0 unspecified atom stereocenters. The fourth-order valence-corrected chi connectivity index (χ4v) is 3.24. The highest BCUT2D eigenvalue weighted by Gasteiger charge is 2.12. The lowest BCUT2D eigenvalue weighted by molar-refractivity contribution is -0.118. The van der Waals surface area contributed by atoms with E-state index in [-0.39, 0.29) is 12.5 Å². The minimum Gasteiger partial charge on any atom is -0.496 e. The van der Waals surface area contributed by atoms with Crippen LogP contribution in [0.1, 0.15) is 15.9 Å². The molecule has 0 aliphatic rings. The maximum absolute atomic E-state index is 12.3. The van der Waals surface area contributed by atoms with E-state index in [1.807, 2.05) is 12.1 Å². The standard InChI is InChI=1S/C23H19Br2N3O4/c1-31-21-11-6-17(25)12-20(21)23(30)28-26-13-15-2-9-19(10-3-15)32-14-22(29)27-18-7-4-16(24)5-8-18/h2-13H,14H2,1H3,(H,27,29)(H,28,30)/b26-13-. The van der Waals surface area contributed by atoms with Gasteiger partial charge in [-0.25, -0.2) is 5.43 Å². The zero-order valence-electron chi connectivity index (χ0n) is 17.0. The minimum absolute atomic E-state index is 0.117. The zero-order valence-corrected chi connectivity index (χ0v) is 20.1. The van der Waals surface area contributed by atoms with Gasteiger partial charge < -0.3 is 14.8 Å². The summed E-state index contributed by atoms with van der Waals surface area (Å²) in [7, 11) is 1.50. The van der Waals surface area contributed by atoms with Crippen LogP contribution in [0.25, 0.3) is 0 Å². The molecule has 3 aromatic carbocycles. The zero-order chi connectivity index (χ0) is 22.9. The molecule has 0 aliphatic heterocycles. The second-order valence-corrected chi connectivity index (χ2v) is 8.29. The number of halogens is 2. The molecule has 3 rings (SSSR count). The highest BCUT2D eigenvalue weighted by Crippen LogP contribution is 2.22. The first-order valence-electron chi connectivity index (χ1n) is 9.40. The molecular weight excluding hydrogens is 542 g/mol. The number of carbonyl (C=O) groups excluding carboxylic acids is 2. The van der Waals surface area contributed by atoms with Gasteiger partial charge in [-0.2, -0.15) is 5.10 Å². The van der Waals surface area contributed by atoms with Crippen molar-refractivity contribution in [3.63, 3.8) is 0 Å². The number of nitrogens with zero attached hydrogens (tertiary/aromatic N) is 1. The van der Waals surface area contributed by atoms with Crippen LogP contribution in [-0.2, 0) is 4.79 Å². The maximum atomic E-state index is 12.3. The Morgan fingerprint density at radius 3 is 2.34 bits per heavy atom. The minimum atomic E-state index is -0.392. The average molecular weight is 561 g/mol. The maximum Gasteiger partial charge on any atom is 0.275 e. The number of hydrazone groups is 1. The number of anilines is 1. The second-order valence-electron chi connectivity index (χ2n) is 6.46. The molecule has 0 saturated heterocycles. The van der Waals surface area contributed by atoms with Crippen molar-refractivity contribution in [1.82, 2.24) is 5.43 Å². The van der Waals surface area contributed by atoms with Crippen LogP contribution in [0.4, 0.5) is 5.69 Å². The van der Waals surface area contributed by atoms with Crippen LogP contribution in [-0.4, -0.2) is 31.7 Å². The van der Waals surface area contributed by atoms with Crippen LogP contribution in [0.5, 0.6) is 11.5 Å². The van der Waals surface area contributed by atoms with Crippen molar-refractivity contribution >= 4 is 55.6 Å². The van der Waals surface area contributed by atoms with E-state index in [1.165, 1.54) is 13.3 Å². The van der Waals surface area contributed by atoms with Gasteiger partial charge in [-0.1, -0.05) is 31.9 Å². The number of benzene rings is 3. The molecule has 0 saturated carbocycles. The lowest BCUT2D eigenvalue weighted by Gasteiger charge is -2.08. The molecule has 0 heterocycles. The van der Waals surface area contributed by atoms with Gasteiger partial charge in [0.1, 0.15) is 11.5 Å². The van der Waals surface area contributed by atoms with E-state index >= 15 is 0 Å². The average Bonchev–Trinajstić information content (AvgIpc) is 2.80. The summed E-state index contributed by atoms with van der Waals surface area (Å²) >= 11 is 6.68. The topological polar surface area (TPSA) is 89.0 Å². The smallest absolute Gasteiger partial charge is 0.275 e. The molecule has 2 amide bonds. The molecule has 0 aliphatic carbocycles. The fourth-order valence-electron chi connectivity index (χ4n) is 2.61. The van der Waals surface area contributed by atoms with E-state index in [1.54, 1.807) is 54.6 Å². The summed E-state index contributed by atoms with van der Waals surface area (Å²) in [6.45, 7) is -0.117. The van der Waals surface area contributed by atoms with Crippen LogP contribution in [0.2, 0.25) is 0 Å². The molecule has 0 atom stereocenters. The third-order valence-electron chi connectivity index (χ3n) is 4.16. The Labute approximate surface area is 202 Å². The van der Waals surface area contributed by atoms with Crippen LogP contribution in [0.15, 0.2) is 80.8 Å². The molecule has 164 valence electrons. The van der Waals surface area contributed by atoms with Gasteiger partial charge in [-0.3, -0.25) is 9.59 Å². The molecular formula is C23H19Br2N3O4. The van der Waals surface area contributed by atoms with Crippen molar-refractivity contribution in [2.45, 2.75) is 0 Å². The summed E-state index contributed by atoms with van der Waals surface area (Å²) in [4.78, 5) is 24.3. The summed E-state index contributed by atoms with van der Waals surface area (Å²) in [5.41, 5.74) is 4.28. The van der Waals surface area contributed by atoms with Gasteiger partial charge >= 0.3 is 0 Å². The van der Waals surface area contributed by atoms with E-state index in [0.717, 1.165) is 14.5 Å². The highest BCUT2D eigenvalue weighted by atomic mass is 79.9. The quantitative estimate of drug-likeness (QED) is 0.300. The Morgan fingerprint density at radius 2 is 1.66 bits per heavy atom. The lowest BCUT2D eigenvalue weighted by Crippen LogP contribution is -2.20. The number of rotatable bonds is 8. The first-order chi connectivity index (χ1) is 15.4. The summed E-state index contributed by atoms with van der Waals surface area (Å²) < 4.78 is 12.4. The van der Waals surface area contributed by atoms with Crippen LogP contribution in [0.3, 0.4) is 0 Å². The van der Waals surface area contributed by atoms with Gasteiger partial charge in [0, 0.05) is 14.6 Å². The second kappa shape index (κ2) is 11.4. The van der Waals surface area contributed by atoms with Crippen LogP contribution in [0, 0.1) is 0 Å². The van der Waals surface area contributed by atoms with Gasteiger partial charge in [0.25, 0.3) is 11.8 Å². The Kier molecular flexibility index (Phi) is 8.41. The molecule has 0 bridgehead atoms. The van der Waals surface area contributed by atoms with E-state index in [0.29, 0.717) is 22.7 Å². The van der Waals surface area contributed by atoms with Crippen molar-refractivity contribution in [1.29, 1.82) is 0 Å². The Balaban J connectivity index is 1.49. The van der Waals surface area contributed by atoms with E-state index in [9.17, 15) is 9.59 Å².